The van der Waals surface area contributed by atoms with E-state index in [2.05, 4.69) is 0 Å². The molecule has 1 heterocycles. The molecule has 1 saturated heterocycles. The molecule has 0 aromatic carbocycles. The Morgan fingerprint density at radius 1 is 0.947 bits per heavy atom. The lowest BCUT2D eigenvalue weighted by Gasteiger charge is -2.25. The molecule has 0 aromatic rings. The Kier molecular flexibility index (Phi) is 3.48. The molecule has 3 rings (SSSR count). The summed E-state index contributed by atoms with van der Waals surface area (Å²) < 4.78 is 5.38. The molecule has 3 aliphatic rings. The summed E-state index contributed by atoms with van der Waals surface area (Å²) in [6.45, 7) is 1.68. The Labute approximate surface area is 112 Å². The van der Waals surface area contributed by atoms with Gasteiger partial charge in [0.05, 0.1) is 0 Å². The van der Waals surface area contributed by atoms with Crippen molar-refractivity contribution in [2.75, 3.05) is 13.1 Å². The van der Waals surface area contributed by atoms with Gasteiger partial charge in [0.1, 0.15) is 6.10 Å². The predicted molar refractivity (Wildman–Crippen MR) is 67.6 cm³/mol. The molecular formula is C14H21NO4. The van der Waals surface area contributed by atoms with Crippen molar-refractivity contribution in [1.29, 1.82) is 0 Å². The van der Waals surface area contributed by atoms with Crippen LogP contribution in [0.1, 0.15) is 38.5 Å². The Morgan fingerprint density at radius 3 is 1.89 bits per heavy atom. The number of ether oxygens (including phenoxy) is 1. The zero-order chi connectivity index (χ0) is 13.4. The summed E-state index contributed by atoms with van der Waals surface area (Å²) in [4.78, 5) is 25.2. The molecule has 0 aromatic heterocycles. The molecule has 1 amide bonds. The molecule has 2 atom stereocenters. The van der Waals surface area contributed by atoms with Gasteiger partial charge in [0.2, 0.25) is 0 Å². The fourth-order valence-corrected chi connectivity index (χ4v) is 2.68. The van der Waals surface area contributed by atoms with Crippen LogP contribution in [0.5, 0.6) is 0 Å². The van der Waals surface area contributed by atoms with Crippen molar-refractivity contribution >= 4 is 11.9 Å². The van der Waals surface area contributed by atoms with E-state index >= 15 is 0 Å². The van der Waals surface area contributed by atoms with E-state index in [1.54, 1.807) is 0 Å². The lowest BCUT2D eigenvalue weighted by atomic mass is 10.1. The number of hydrogen-bond donors (Lipinski definition) is 1. The molecule has 0 bridgehead atoms. The molecule has 1 aliphatic heterocycles. The van der Waals surface area contributed by atoms with Crippen molar-refractivity contribution in [3.63, 3.8) is 0 Å². The molecular weight excluding hydrogens is 246 g/mol. The summed E-state index contributed by atoms with van der Waals surface area (Å²) in [5.41, 5.74) is 0. The third-order valence-corrected chi connectivity index (χ3v) is 4.23. The van der Waals surface area contributed by atoms with Gasteiger partial charge in [-0.2, -0.15) is 0 Å². The maximum atomic E-state index is 12.4. The van der Waals surface area contributed by atoms with E-state index in [1.165, 1.54) is 25.7 Å². The fourth-order valence-electron chi connectivity index (χ4n) is 2.68. The van der Waals surface area contributed by atoms with Crippen LogP contribution in [-0.4, -0.2) is 47.2 Å². The largest absolute Gasteiger partial charge is 0.479 e. The molecule has 2 aliphatic carbocycles. The minimum absolute atomic E-state index is 0.0163. The molecule has 1 N–H and O–H groups in total. The molecule has 19 heavy (non-hydrogen) atoms. The highest BCUT2D eigenvalue weighted by Gasteiger charge is 2.39. The van der Waals surface area contributed by atoms with Gasteiger partial charge in [0.15, 0.2) is 6.10 Å². The third kappa shape index (κ3) is 3.26. The first-order valence-corrected chi connectivity index (χ1v) is 7.30. The Balaban J connectivity index is 1.57. The first-order valence-electron chi connectivity index (χ1n) is 7.30. The van der Waals surface area contributed by atoms with Crippen LogP contribution in [0.25, 0.3) is 0 Å². The Bertz CT molecular complexity index is 362. The zero-order valence-corrected chi connectivity index (χ0v) is 11.1. The second kappa shape index (κ2) is 5.12. The van der Waals surface area contributed by atoms with Gasteiger partial charge >= 0.3 is 5.97 Å². The van der Waals surface area contributed by atoms with Gasteiger partial charge < -0.3 is 14.7 Å². The lowest BCUT2D eigenvalue weighted by molar-refractivity contribution is -0.155. The molecule has 106 valence electrons. The number of hydrogen-bond acceptors (Lipinski definition) is 3. The van der Waals surface area contributed by atoms with E-state index in [9.17, 15) is 9.59 Å². The zero-order valence-electron chi connectivity index (χ0n) is 11.1. The van der Waals surface area contributed by atoms with Crippen LogP contribution in [0.3, 0.4) is 0 Å². The number of aliphatic carboxylic acids is 1. The first kappa shape index (κ1) is 12.9. The van der Waals surface area contributed by atoms with Crippen molar-refractivity contribution in [2.45, 2.75) is 50.7 Å². The molecule has 3 fully saturated rings. The smallest absolute Gasteiger partial charge is 0.332 e. The minimum atomic E-state index is -0.953. The number of carbonyl (C=O) groups is 2. The van der Waals surface area contributed by atoms with Gasteiger partial charge in [-0.05, 0) is 50.4 Å². The van der Waals surface area contributed by atoms with Gasteiger partial charge in [-0.1, -0.05) is 0 Å². The van der Waals surface area contributed by atoms with E-state index in [4.69, 9.17) is 9.84 Å². The summed E-state index contributed by atoms with van der Waals surface area (Å²) in [5.74, 6) is 0.396. The maximum Gasteiger partial charge on any atom is 0.332 e. The van der Waals surface area contributed by atoms with Gasteiger partial charge in [-0.25, -0.2) is 4.79 Å². The molecule has 0 unspecified atom stereocenters. The Hall–Kier alpha value is -1.10. The third-order valence-electron chi connectivity index (χ3n) is 4.23. The predicted octanol–water partition coefficient (Wildman–Crippen LogP) is 1.27. The number of carbonyl (C=O) groups excluding carboxylic acids is 1. The maximum absolute atomic E-state index is 12.4. The summed E-state index contributed by atoms with van der Waals surface area (Å²) >= 11 is 0. The van der Waals surface area contributed by atoms with Crippen molar-refractivity contribution in [3.05, 3.63) is 0 Å². The van der Waals surface area contributed by atoms with Crippen LogP contribution in [0.4, 0.5) is 0 Å². The quantitative estimate of drug-likeness (QED) is 0.787. The topological polar surface area (TPSA) is 66.8 Å². The van der Waals surface area contributed by atoms with E-state index in [0.717, 1.165) is 13.1 Å². The van der Waals surface area contributed by atoms with Crippen molar-refractivity contribution < 1.29 is 19.4 Å². The van der Waals surface area contributed by atoms with Gasteiger partial charge in [-0.3, -0.25) is 4.79 Å². The second-order valence-electron chi connectivity index (χ2n) is 6.16. The monoisotopic (exact) mass is 267 g/mol. The fraction of sp³-hybridized carbons (Fsp3) is 0.857. The highest BCUT2D eigenvalue weighted by atomic mass is 16.5. The summed E-state index contributed by atoms with van der Waals surface area (Å²) in [5, 5.41) is 8.91. The van der Waals surface area contributed by atoms with Crippen LogP contribution in [0.15, 0.2) is 0 Å². The van der Waals surface area contributed by atoms with Crippen molar-refractivity contribution in [2.24, 2.45) is 11.8 Å². The van der Waals surface area contributed by atoms with Crippen LogP contribution in [-0.2, 0) is 14.3 Å². The normalized spacial score (nSPS) is 30.3. The van der Waals surface area contributed by atoms with Crippen LogP contribution >= 0.6 is 0 Å². The summed E-state index contributed by atoms with van der Waals surface area (Å²) in [6, 6.07) is 0. The van der Waals surface area contributed by atoms with Crippen molar-refractivity contribution in [1.82, 2.24) is 4.90 Å². The number of rotatable bonds is 6. The number of nitrogens with zero attached hydrogens (tertiary/aromatic N) is 1. The highest BCUT2D eigenvalue weighted by Crippen LogP contribution is 2.34. The Morgan fingerprint density at radius 2 is 1.47 bits per heavy atom. The SMILES string of the molecule is O=C(O)[C@H]1CC[C@@H](C(=O)N(CC2CC2)CC2CC2)O1. The minimum Gasteiger partial charge on any atom is -0.479 e. The van der Waals surface area contributed by atoms with Crippen molar-refractivity contribution in [3.8, 4) is 0 Å². The van der Waals surface area contributed by atoms with Gasteiger partial charge in [0.25, 0.3) is 5.91 Å². The number of carboxylic acids is 1. The highest BCUT2D eigenvalue weighted by molar-refractivity contribution is 5.82. The molecule has 5 nitrogen and oxygen atoms in total. The second-order valence-corrected chi connectivity index (χ2v) is 6.16. The average Bonchev–Trinajstić information content (AvgIpc) is 3.29. The first-order chi connectivity index (χ1) is 9.13. The van der Waals surface area contributed by atoms with Crippen LogP contribution in [0.2, 0.25) is 0 Å². The molecule has 0 spiro atoms. The molecule has 5 heteroatoms. The van der Waals surface area contributed by atoms with Gasteiger partial charge in [0, 0.05) is 13.1 Å². The number of amides is 1. The van der Waals surface area contributed by atoms with E-state index in [-0.39, 0.29) is 5.91 Å². The van der Waals surface area contributed by atoms with E-state index < -0.39 is 18.2 Å². The van der Waals surface area contributed by atoms with Crippen LogP contribution < -0.4 is 0 Å². The van der Waals surface area contributed by atoms with E-state index in [0.29, 0.717) is 24.7 Å². The molecule has 2 saturated carbocycles. The van der Waals surface area contributed by atoms with Gasteiger partial charge in [-0.15, -0.1) is 0 Å². The summed E-state index contributed by atoms with van der Waals surface area (Å²) in [7, 11) is 0. The van der Waals surface area contributed by atoms with Crippen LogP contribution in [0, 0.1) is 11.8 Å². The lowest BCUT2D eigenvalue weighted by Crippen LogP contribution is -2.42. The number of carboxylic acid groups (broad SMARTS) is 1. The summed E-state index contributed by atoms with van der Waals surface area (Å²) in [6.07, 6.45) is 4.55. The average molecular weight is 267 g/mol. The molecule has 0 radical (unpaired) electrons. The standard InChI is InChI=1S/C14H21NO4/c16-13(11-5-6-12(19-11)14(17)18)15(7-9-1-2-9)8-10-3-4-10/h9-12H,1-8H2,(H,17,18)/t11-,12+/m0/s1. The van der Waals surface area contributed by atoms with E-state index in [1.807, 2.05) is 4.90 Å².